The minimum atomic E-state index is -0.736. The summed E-state index contributed by atoms with van der Waals surface area (Å²) in [7, 11) is 0. The molecule has 2 aliphatic carbocycles. The summed E-state index contributed by atoms with van der Waals surface area (Å²) in [5.41, 5.74) is 5.19. The minimum Gasteiger partial charge on any atom is -0.394 e. The number of aliphatic hydroxyl groups excluding tert-OH is 1. The van der Waals surface area contributed by atoms with Crippen molar-refractivity contribution in [1.29, 1.82) is 0 Å². The van der Waals surface area contributed by atoms with Crippen LogP contribution >= 0.6 is 0 Å². The van der Waals surface area contributed by atoms with Crippen molar-refractivity contribution in [2.75, 3.05) is 6.61 Å². The number of carbonyl (C=O) groups excluding carboxylic acids is 1. The molecule has 2 rings (SSSR count). The summed E-state index contributed by atoms with van der Waals surface area (Å²) in [4.78, 5) is 12.7. The normalized spacial score (nSPS) is 42.2. The molecular weight excluding hydrogens is 252 g/mol. The summed E-state index contributed by atoms with van der Waals surface area (Å²) in [6.07, 6.45) is 7.68. The molecule has 2 aliphatic rings. The second kappa shape index (κ2) is 6.02. The molecule has 2 saturated carbocycles. The molecule has 4 unspecified atom stereocenters. The van der Waals surface area contributed by atoms with Crippen molar-refractivity contribution in [3.8, 4) is 0 Å². The van der Waals surface area contributed by atoms with Crippen molar-refractivity contribution in [1.82, 2.24) is 5.32 Å². The standard InChI is InChI=1S/C16H30N2O2/c1-12-5-3-7-15(9-12,11-19)18-14(20)16(17)8-4-6-13(2)10-16/h12-13,19H,3-11,17H2,1-2H3,(H,18,20). The quantitative estimate of drug-likeness (QED) is 0.740. The van der Waals surface area contributed by atoms with Gasteiger partial charge in [-0.3, -0.25) is 4.79 Å². The third-order valence-corrected chi connectivity index (χ3v) is 5.26. The molecular formula is C16H30N2O2. The fraction of sp³-hybridized carbons (Fsp3) is 0.938. The van der Waals surface area contributed by atoms with Crippen LogP contribution in [0.2, 0.25) is 0 Å². The van der Waals surface area contributed by atoms with E-state index in [9.17, 15) is 9.90 Å². The maximum atomic E-state index is 12.7. The monoisotopic (exact) mass is 282 g/mol. The third-order valence-electron chi connectivity index (χ3n) is 5.26. The van der Waals surface area contributed by atoms with Crippen molar-refractivity contribution in [3.63, 3.8) is 0 Å². The van der Waals surface area contributed by atoms with Crippen molar-refractivity contribution >= 4 is 5.91 Å². The Morgan fingerprint density at radius 2 is 1.80 bits per heavy atom. The van der Waals surface area contributed by atoms with Crippen LogP contribution in [0.1, 0.15) is 65.2 Å². The van der Waals surface area contributed by atoms with Gasteiger partial charge in [0.1, 0.15) is 0 Å². The molecule has 0 heterocycles. The highest BCUT2D eigenvalue weighted by atomic mass is 16.3. The van der Waals surface area contributed by atoms with Crippen LogP contribution in [0, 0.1) is 11.8 Å². The number of hydrogen-bond acceptors (Lipinski definition) is 3. The highest BCUT2D eigenvalue weighted by Crippen LogP contribution is 2.35. The first-order valence-corrected chi connectivity index (χ1v) is 8.11. The van der Waals surface area contributed by atoms with E-state index in [1.807, 2.05) is 0 Å². The third kappa shape index (κ3) is 3.34. The van der Waals surface area contributed by atoms with Gasteiger partial charge in [-0.2, -0.15) is 0 Å². The topological polar surface area (TPSA) is 75.3 Å². The van der Waals surface area contributed by atoms with Crippen molar-refractivity contribution in [2.24, 2.45) is 17.6 Å². The van der Waals surface area contributed by atoms with Crippen LogP contribution in [-0.2, 0) is 4.79 Å². The van der Waals surface area contributed by atoms with Crippen molar-refractivity contribution < 1.29 is 9.90 Å². The summed E-state index contributed by atoms with van der Waals surface area (Å²) in [6.45, 7) is 4.38. The first-order valence-electron chi connectivity index (χ1n) is 8.11. The first kappa shape index (κ1) is 15.8. The molecule has 4 N–H and O–H groups in total. The smallest absolute Gasteiger partial charge is 0.240 e. The zero-order valence-electron chi connectivity index (χ0n) is 13.0. The predicted molar refractivity (Wildman–Crippen MR) is 80.1 cm³/mol. The lowest BCUT2D eigenvalue weighted by molar-refractivity contribution is -0.131. The molecule has 0 aromatic carbocycles. The van der Waals surface area contributed by atoms with E-state index in [1.165, 1.54) is 6.42 Å². The number of nitrogens with one attached hydrogen (secondary N) is 1. The fourth-order valence-electron chi connectivity index (χ4n) is 4.12. The molecule has 0 aromatic rings. The van der Waals surface area contributed by atoms with Crippen LogP contribution in [-0.4, -0.2) is 28.7 Å². The SMILES string of the molecule is CC1CCCC(CO)(NC(=O)C2(N)CCCC(C)C2)C1. The molecule has 0 radical (unpaired) electrons. The minimum absolute atomic E-state index is 0.0225. The molecule has 0 spiro atoms. The number of nitrogens with two attached hydrogens (primary N) is 1. The van der Waals surface area contributed by atoms with Gasteiger partial charge in [-0.15, -0.1) is 0 Å². The van der Waals surface area contributed by atoms with Crippen LogP contribution in [0.15, 0.2) is 0 Å². The summed E-state index contributed by atoms with van der Waals surface area (Å²) >= 11 is 0. The average Bonchev–Trinajstić information content (AvgIpc) is 2.38. The summed E-state index contributed by atoms with van der Waals surface area (Å²) in [5, 5.41) is 12.9. The molecule has 2 fully saturated rings. The highest BCUT2D eigenvalue weighted by Gasteiger charge is 2.43. The average molecular weight is 282 g/mol. The second-order valence-corrected chi connectivity index (χ2v) is 7.45. The van der Waals surface area contributed by atoms with Crippen molar-refractivity contribution in [3.05, 3.63) is 0 Å². The zero-order chi connectivity index (χ0) is 14.8. The van der Waals surface area contributed by atoms with Crippen LogP contribution in [0.3, 0.4) is 0 Å². The van der Waals surface area contributed by atoms with Gasteiger partial charge in [0, 0.05) is 0 Å². The number of amides is 1. The van der Waals surface area contributed by atoms with Gasteiger partial charge < -0.3 is 16.2 Å². The highest BCUT2D eigenvalue weighted by molar-refractivity contribution is 5.86. The van der Waals surface area contributed by atoms with Gasteiger partial charge >= 0.3 is 0 Å². The molecule has 1 amide bonds. The van der Waals surface area contributed by atoms with E-state index in [4.69, 9.17) is 5.73 Å². The van der Waals surface area contributed by atoms with Gasteiger partial charge in [0.15, 0.2) is 0 Å². The molecule has 0 aliphatic heterocycles. The van der Waals surface area contributed by atoms with Gasteiger partial charge in [0.25, 0.3) is 0 Å². The Morgan fingerprint density at radius 3 is 2.35 bits per heavy atom. The Hall–Kier alpha value is -0.610. The molecule has 0 bridgehead atoms. The number of aliphatic hydroxyl groups is 1. The van der Waals surface area contributed by atoms with Gasteiger partial charge in [-0.05, 0) is 37.5 Å². The van der Waals surface area contributed by atoms with Gasteiger partial charge in [-0.25, -0.2) is 0 Å². The van der Waals surface area contributed by atoms with E-state index in [0.717, 1.165) is 44.9 Å². The lowest BCUT2D eigenvalue weighted by Crippen LogP contribution is -2.63. The zero-order valence-corrected chi connectivity index (χ0v) is 13.0. The Labute approximate surface area is 122 Å². The molecule has 0 saturated heterocycles. The Kier molecular flexibility index (Phi) is 4.75. The summed E-state index contributed by atoms with van der Waals surface area (Å²) < 4.78 is 0. The van der Waals surface area contributed by atoms with Gasteiger partial charge in [-0.1, -0.05) is 39.5 Å². The van der Waals surface area contributed by atoms with Crippen LogP contribution in [0.4, 0.5) is 0 Å². The van der Waals surface area contributed by atoms with E-state index >= 15 is 0 Å². The number of hydrogen-bond donors (Lipinski definition) is 3. The molecule has 4 heteroatoms. The number of carbonyl (C=O) groups is 1. The van der Waals surface area contributed by atoms with E-state index < -0.39 is 11.1 Å². The Balaban J connectivity index is 2.05. The van der Waals surface area contributed by atoms with E-state index in [0.29, 0.717) is 11.8 Å². The number of rotatable bonds is 3. The lowest BCUT2D eigenvalue weighted by atomic mass is 9.73. The lowest BCUT2D eigenvalue weighted by Gasteiger charge is -2.43. The Bertz CT molecular complexity index is 360. The van der Waals surface area contributed by atoms with Crippen LogP contribution in [0.25, 0.3) is 0 Å². The Morgan fingerprint density at radius 1 is 1.20 bits per heavy atom. The first-order chi connectivity index (χ1) is 9.39. The van der Waals surface area contributed by atoms with E-state index in [-0.39, 0.29) is 12.5 Å². The summed E-state index contributed by atoms with van der Waals surface area (Å²) in [5.74, 6) is 1.01. The van der Waals surface area contributed by atoms with E-state index in [2.05, 4.69) is 19.2 Å². The second-order valence-electron chi connectivity index (χ2n) is 7.45. The molecule has 116 valence electrons. The molecule has 0 aromatic heterocycles. The predicted octanol–water partition coefficient (Wildman–Crippen LogP) is 1.95. The van der Waals surface area contributed by atoms with Crippen molar-refractivity contribution in [2.45, 2.75) is 76.3 Å². The molecule has 20 heavy (non-hydrogen) atoms. The van der Waals surface area contributed by atoms with E-state index in [1.54, 1.807) is 0 Å². The van der Waals surface area contributed by atoms with Crippen LogP contribution in [0.5, 0.6) is 0 Å². The van der Waals surface area contributed by atoms with Gasteiger partial charge in [0.2, 0.25) is 5.91 Å². The maximum absolute atomic E-state index is 12.7. The molecule has 4 atom stereocenters. The largest absolute Gasteiger partial charge is 0.394 e. The van der Waals surface area contributed by atoms with Crippen LogP contribution < -0.4 is 11.1 Å². The fourth-order valence-corrected chi connectivity index (χ4v) is 4.12. The maximum Gasteiger partial charge on any atom is 0.240 e. The molecule has 4 nitrogen and oxygen atoms in total. The van der Waals surface area contributed by atoms with Gasteiger partial charge in [0.05, 0.1) is 17.7 Å². The summed E-state index contributed by atoms with van der Waals surface area (Å²) in [6, 6.07) is 0.